The molecule has 26 heavy (non-hydrogen) atoms. The maximum absolute atomic E-state index is 14.0. The van der Waals surface area contributed by atoms with Crippen LogP contribution in [0.25, 0.3) is 0 Å². The van der Waals surface area contributed by atoms with Gasteiger partial charge in [0.05, 0.1) is 12.8 Å². The Hall–Kier alpha value is -2.97. The molecule has 2 aromatic carbocycles. The van der Waals surface area contributed by atoms with Gasteiger partial charge in [0.15, 0.2) is 11.6 Å². The first kappa shape index (κ1) is 16.5. The summed E-state index contributed by atoms with van der Waals surface area (Å²) in [5.74, 6) is -0.107. The molecule has 8 heteroatoms. The van der Waals surface area contributed by atoms with E-state index >= 15 is 0 Å². The van der Waals surface area contributed by atoms with Gasteiger partial charge >= 0.3 is 7.12 Å². The lowest BCUT2D eigenvalue weighted by molar-refractivity contribution is 0.275. The van der Waals surface area contributed by atoms with Crippen LogP contribution in [-0.4, -0.2) is 22.1 Å². The van der Waals surface area contributed by atoms with E-state index in [0.717, 1.165) is 28.5 Å². The smallest absolute Gasteiger partial charge is 0.423 e. The summed E-state index contributed by atoms with van der Waals surface area (Å²) in [5.41, 5.74) is 3.41. The Bertz CT molecular complexity index is 926. The highest BCUT2D eigenvalue weighted by molar-refractivity contribution is 6.61. The van der Waals surface area contributed by atoms with E-state index in [9.17, 15) is 9.41 Å². The van der Waals surface area contributed by atoms with Crippen LogP contribution in [0.3, 0.4) is 0 Å². The third-order valence-corrected chi connectivity index (χ3v) is 4.11. The summed E-state index contributed by atoms with van der Waals surface area (Å²) in [4.78, 5) is 8.18. The Morgan fingerprint density at radius 3 is 2.88 bits per heavy atom. The van der Waals surface area contributed by atoms with Gasteiger partial charge in [-0.3, -0.25) is 0 Å². The largest absolute Gasteiger partial charge is 0.491 e. The summed E-state index contributed by atoms with van der Waals surface area (Å²) in [6.07, 6.45) is 1.13. The van der Waals surface area contributed by atoms with Gasteiger partial charge in [0.25, 0.3) is 0 Å². The fraction of sp³-hybridized carbons (Fsp3) is 0.111. The molecular formula is C18H16BFN4O2. The number of halogens is 1. The van der Waals surface area contributed by atoms with Crippen LogP contribution in [0.2, 0.25) is 0 Å². The van der Waals surface area contributed by atoms with Crippen LogP contribution < -0.4 is 16.1 Å². The highest BCUT2D eigenvalue weighted by atomic mass is 19.1. The molecule has 2 heterocycles. The molecule has 0 saturated heterocycles. The second kappa shape index (κ2) is 7.11. The zero-order valence-electron chi connectivity index (χ0n) is 13.8. The van der Waals surface area contributed by atoms with Gasteiger partial charge < -0.3 is 20.3 Å². The van der Waals surface area contributed by atoms with Crippen LogP contribution in [0, 0.1) is 5.82 Å². The molecule has 6 nitrogen and oxygen atoms in total. The molecule has 3 N–H and O–H groups in total. The number of hydrogen-bond donors (Lipinski definition) is 3. The van der Waals surface area contributed by atoms with Crippen LogP contribution >= 0.6 is 0 Å². The van der Waals surface area contributed by atoms with Crippen molar-refractivity contribution in [3.63, 3.8) is 0 Å². The minimum Gasteiger partial charge on any atom is -0.423 e. The predicted octanol–water partition coefficient (Wildman–Crippen LogP) is 2.19. The fourth-order valence-corrected chi connectivity index (χ4v) is 2.77. The Morgan fingerprint density at radius 2 is 2.04 bits per heavy atom. The maximum atomic E-state index is 14.0. The summed E-state index contributed by atoms with van der Waals surface area (Å²) in [7, 11) is -0.880. The fourth-order valence-electron chi connectivity index (χ4n) is 2.77. The molecule has 0 radical (unpaired) electrons. The summed E-state index contributed by atoms with van der Waals surface area (Å²) in [6, 6.07) is 15.1. The topological polar surface area (TPSA) is 79.3 Å². The van der Waals surface area contributed by atoms with Gasteiger partial charge in [0.2, 0.25) is 5.95 Å². The number of aromatic nitrogens is 2. The molecule has 0 fully saturated rings. The Morgan fingerprint density at radius 1 is 1.19 bits per heavy atom. The molecule has 0 atom stereocenters. The average molecular weight is 350 g/mol. The highest BCUT2D eigenvalue weighted by Crippen LogP contribution is 2.20. The minimum absolute atomic E-state index is 0.131. The second-order valence-electron chi connectivity index (χ2n) is 5.93. The van der Waals surface area contributed by atoms with Gasteiger partial charge in [0, 0.05) is 12.2 Å². The van der Waals surface area contributed by atoms with E-state index in [2.05, 4.69) is 20.6 Å². The van der Waals surface area contributed by atoms with Crippen molar-refractivity contribution in [2.45, 2.75) is 13.2 Å². The lowest BCUT2D eigenvalue weighted by Gasteiger charge is -2.10. The van der Waals surface area contributed by atoms with Gasteiger partial charge in [-0.1, -0.05) is 36.4 Å². The number of anilines is 3. The highest BCUT2D eigenvalue weighted by Gasteiger charge is 2.27. The molecule has 1 aliphatic heterocycles. The van der Waals surface area contributed by atoms with Crippen molar-refractivity contribution in [2.75, 3.05) is 10.6 Å². The molecule has 3 aromatic rings. The van der Waals surface area contributed by atoms with Gasteiger partial charge in [-0.15, -0.1) is 0 Å². The second-order valence-corrected chi connectivity index (χ2v) is 5.93. The van der Waals surface area contributed by atoms with Gasteiger partial charge in [-0.25, -0.2) is 9.37 Å². The third-order valence-electron chi connectivity index (χ3n) is 4.11. The number of rotatable bonds is 5. The van der Waals surface area contributed by atoms with Crippen molar-refractivity contribution in [3.8, 4) is 0 Å². The lowest BCUT2D eigenvalue weighted by atomic mass is 9.79. The van der Waals surface area contributed by atoms with E-state index in [0.29, 0.717) is 13.2 Å². The van der Waals surface area contributed by atoms with E-state index in [1.54, 1.807) is 12.1 Å². The third kappa shape index (κ3) is 3.51. The van der Waals surface area contributed by atoms with E-state index in [1.165, 1.54) is 0 Å². The number of hydrogen-bond acceptors (Lipinski definition) is 6. The van der Waals surface area contributed by atoms with E-state index in [-0.39, 0.29) is 11.8 Å². The zero-order valence-corrected chi connectivity index (χ0v) is 13.8. The summed E-state index contributed by atoms with van der Waals surface area (Å²) in [5, 5.41) is 15.7. The maximum Gasteiger partial charge on any atom is 0.491 e. The van der Waals surface area contributed by atoms with Crippen molar-refractivity contribution < 1.29 is 14.1 Å². The number of nitrogens with one attached hydrogen (secondary N) is 2. The molecule has 0 amide bonds. The number of nitrogens with zero attached hydrogens (tertiary/aromatic N) is 2. The summed E-state index contributed by atoms with van der Waals surface area (Å²) >= 11 is 0. The SMILES string of the molecule is OB1OCc2cc(Nc3ncc(F)c(NCc4ccccc4)n3)ccc21. The Labute approximate surface area is 150 Å². The predicted molar refractivity (Wildman–Crippen MR) is 97.9 cm³/mol. The molecule has 4 rings (SSSR count). The molecule has 0 bridgehead atoms. The standard InChI is InChI=1S/C18H16BFN4O2/c20-16-10-22-18(24-17(16)21-9-12-4-2-1-3-5-12)23-14-6-7-15-13(8-14)11-26-19(15)25/h1-8,10,25H,9,11H2,(H2,21,22,23,24). The van der Waals surface area contributed by atoms with Crippen molar-refractivity contribution in [1.29, 1.82) is 0 Å². The molecule has 0 aliphatic carbocycles. The molecule has 130 valence electrons. The molecule has 1 aromatic heterocycles. The molecule has 0 spiro atoms. The number of fused-ring (bicyclic) bond motifs is 1. The first-order valence-corrected chi connectivity index (χ1v) is 8.19. The quantitative estimate of drug-likeness (QED) is 0.613. The van der Waals surface area contributed by atoms with E-state index in [1.807, 2.05) is 36.4 Å². The summed E-state index contributed by atoms with van der Waals surface area (Å²) < 4.78 is 19.1. The number of benzene rings is 2. The summed E-state index contributed by atoms with van der Waals surface area (Å²) in [6.45, 7) is 0.808. The first-order valence-electron chi connectivity index (χ1n) is 8.19. The Kier molecular flexibility index (Phi) is 4.51. The van der Waals surface area contributed by atoms with Crippen LogP contribution in [0.4, 0.5) is 21.8 Å². The van der Waals surface area contributed by atoms with E-state index in [4.69, 9.17) is 4.65 Å². The van der Waals surface area contributed by atoms with Crippen molar-refractivity contribution in [2.24, 2.45) is 0 Å². The lowest BCUT2D eigenvalue weighted by Crippen LogP contribution is -2.27. The molecule has 0 unspecified atom stereocenters. The molecular weight excluding hydrogens is 334 g/mol. The van der Waals surface area contributed by atoms with Crippen molar-refractivity contribution in [3.05, 3.63) is 71.7 Å². The monoisotopic (exact) mass is 350 g/mol. The normalized spacial score (nSPS) is 12.8. The van der Waals surface area contributed by atoms with Crippen LogP contribution in [-0.2, 0) is 17.8 Å². The van der Waals surface area contributed by atoms with Gasteiger partial charge in [0.1, 0.15) is 0 Å². The Balaban J connectivity index is 1.49. The minimum atomic E-state index is -0.880. The van der Waals surface area contributed by atoms with Crippen molar-refractivity contribution in [1.82, 2.24) is 9.97 Å². The van der Waals surface area contributed by atoms with Crippen LogP contribution in [0.5, 0.6) is 0 Å². The van der Waals surface area contributed by atoms with Gasteiger partial charge in [-0.2, -0.15) is 4.98 Å². The van der Waals surface area contributed by atoms with Crippen LogP contribution in [0.1, 0.15) is 11.1 Å². The van der Waals surface area contributed by atoms with Crippen molar-refractivity contribution >= 4 is 30.0 Å². The first-order chi connectivity index (χ1) is 12.7. The molecule has 1 aliphatic rings. The average Bonchev–Trinajstić information content (AvgIpc) is 3.03. The molecule has 0 saturated carbocycles. The zero-order chi connectivity index (χ0) is 17.9. The van der Waals surface area contributed by atoms with Gasteiger partial charge in [-0.05, 0) is 28.7 Å². The van der Waals surface area contributed by atoms with E-state index < -0.39 is 12.9 Å². The van der Waals surface area contributed by atoms with Crippen LogP contribution in [0.15, 0.2) is 54.7 Å².